The van der Waals surface area contributed by atoms with Gasteiger partial charge in [0.05, 0.1) is 11.6 Å². The van der Waals surface area contributed by atoms with E-state index in [1.807, 2.05) is 48.5 Å². The average molecular weight is 639 g/mol. The SMILES string of the molecule is CCOC(=O)C(CN=O)NCc1cc(Cl)c(OCc2cccc(-c3ccccc3)c2Br)cc1OCc1cccnc1. The fraction of sp³-hybridized carbons (Fsp3) is 0.226. The number of hydrogen-bond donors (Lipinski definition) is 1. The zero-order valence-electron chi connectivity index (χ0n) is 22.4. The van der Waals surface area contributed by atoms with Crippen LogP contribution in [-0.4, -0.2) is 30.1 Å². The number of hydrogen-bond acceptors (Lipinski definition) is 8. The van der Waals surface area contributed by atoms with Crippen LogP contribution in [0.25, 0.3) is 11.1 Å². The number of carbonyl (C=O) groups excluding carboxylic acids is 1. The second-order valence-corrected chi connectivity index (χ2v) is 10.2. The van der Waals surface area contributed by atoms with Crippen LogP contribution >= 0.6 is 27.5 Å². The maximum Gasteiger partial charge on any atom is 0.325 e. The van der Waals surface area contributed by atoms with Crippen LogP contribution in [0.2, 0.25) is 5.02 Å². The van der Waals surface area contributed by atoms with Crippen molar-refractivity contribution in [2.75, 3.05) is 13.2 Å². The maximum atomic E-state index is 12.3. The summed E-state index contributed by atoms with van der Waals surface area (Å²) in [4.78, 5) is 27.3. The third kappa shape index (κ3) is 8.36. The summed E-state index contributed by atoms with van der Waals surface area (Å²) in [7, 11) is 0. The van der Waals surface area contributed by atoms with Gasteiger partial charge in [0.2, 0.25) is 0 Å². The highest BCUT2D eigenvalue weighted by Crippen LogP contribution is 2.36. The largest absolute Gasteiger partial charge is 0.488 e. The molecule has 1 aromatic heterocycles. The minimum Gasteiger partial charge on any atom is -0.488 e. The molecule has 1 N–H and O–H groups in total. The molecule has 0 fully saturated rings. The predicted octanol–water partition coefficient (Wildman–Crippen LogP) is 7.11. The second kappa shape index (κ2) is 15.3. The van der Waals surface area contributed by atoms with Crippen LogP contribution in [0.4, 0.5) is 0 Å². The summed E-state index contributed by atoms with van der Waals surface area (Å²) in [5, 5.41) is 6.26. The number of aromatic nitrogens is 1. The van der Waals surface area contributed by atoms with Gasteiger partial charge in [-0.05, 0) is 46.1 Å². The fourth-order valence-corrected chi connectivity index (χ4v) is 4.91. The number of rotatable bonds is 14. The Balaban J connectivity index is 1.56. The molecule has 3 aromatic carbocycles. The first-order valence-corrected chi connectivity index (χ1v) is 14.2. The van der Waals surface area contributed by atoms with Crippen molar-refractivity contribution in [3.63, 3.8) is 0 Å². The van der Waals surface area contributed by atoms with Crippen molar-refractivity contribution < 1.29 is 19.0 Å². The van der Waals surface area contributed by atoms with Crippen molar-refractivity contribution >= 4 is 33.5 Å². The van der Waals surface area contributed by atoms with Gasteiger partial charge in [-0.15, -0.1) is 0 Å². The lowest BCUT2D eigenvalue weighted by molar-refractivity contribution is -0.145. The molecule has 1 unspecified atom stereocenters. The highest BCUT2D eigenvalue weighted by Gasteiger charge is 2.21. The monoisotopic (exact) mass is 637 g/mol. The highest BCUT2D eigenvalue weighted by atomic mass is 79.9. The molecule has 10 heteroatoms. The van der Waals surface area contributed by atoms with Crippen LogP contribution in [0.1, 0.15) is 23.6 Å². The number of esters is 1. The van der Waals surface area contributed by atoms with E-state index in [2.05, 4.69) is 43.5 Å². The molecule has 212 valence electrons. The Bertz CT molecular complexity index is 1460. The van der Waals surface area contributed by atoms with Crippen molar-refractivity contribution in [1.82, 2.24) is 10.3 Å². The van der Waals surface area contributed by atoms with Gasteiger partial charge in [-0.25, -0.2) is 0 Å². The van der Waals surface area contributed by atoms with Crippen LogP contribution in [0, 0.1) is 4.91 Å². The Morgan fingerprint density at radius 3 is 2.54 bits per heavy atom. The highest BCUT2D eigenvalue weighted by molar-refractivity contribution is 9.10. The smallest absolute Gasteiger partial charge is 0.325 e. The summed E-state index contributed by atoms with van der Waals surface area (Å²) in [6.07, 6.45) is 3.41. The normalized spacial score (nSPS) is 11.5. The van der Waals surface area contributed by atoms with Gasteiger partial charge in [0.1, 0.15) is 37.3 Å². The number of carbonyl (C=O) groups is 1. The Hall–Kier alpha value is -3.79. The van der Waals surface area contributed by atoms with E-state index in [0.717, 1.165) is 26.7 Å². The van der Waals surface area contributed by atoms with Crippen molar-refractivity contribution in [3.05, 3.63) is 116 Å². The lowest BCUT2D eigenvalue weighted by Gasteiger charge is -2.19. The quantitative estimate of drug-likeness (QED) is 0.116. The third-order valence-corrected chi connectivity index (χ3v) is 7.38. The van der Waals surface area contributed by atoms with E-state index in [1.165, 1.54) is 0 Å². The van der Waals surface area contributed by atoms with Gasteiger partial charge in [-0.2, -0.15) is 4.91 Å². The number of halogens is 2. The molecule has 8 nitrogen and oxygen atoms in total. The van der Waals surface area contributed by atoms with Gasteiger partial charge in [0, 0.05) is 46.2 Å². The van der Waals surface area contributed by atoms with Gasteiger partial charge in [-0.3, -0.25) is 15.1 Å². The van der Waals surface area contributed by atoms with Crippen molar-refractivity contribution in [2.45, 2.75) is 32.7 Å². The number of benzene rings is 3. The minimum absolute atomic E-state index is 0.173. The van der Waals surface area contributed by atoms with Gasteiger partial charge in [-0.1, -0.05) is 71.4 Å². The summed E-state index contributed by atoms with van der Waals surface area (Å²) < 4.78 is 18.3. The molecular weight excluding hydrogens is 610 g/mol. The summed E-state index contributed by atoms with van der Waals surface area (Å²) >= 11 is 10.4. The molecule has 1 heterocycles. The average Bonchev–Trinajstić information content (AvgIpc) is 2.99. The molecule has 4 rings (SSSR count). The molecule has 41 heavy (non-hydrogen) atoms. The van der Waals surface area contributed by atoms with Gasteiger partial charge < -0.3 is 14.2 Å². The topological polar surface area (TPSA) is 99.1 Å². The van der Waals surface area contributed by atoms with Crippen LogP contribution in [0.5, 0.6) is 11.5 Å². The molecule has 1 atom stereocenters. The molecule has 0 aliphatic rings. The lowest BCUT2D eigenvalue weighted by atomic mass is 10.0. The van der Waals surface area contributed by atoms with Crippen molar-refractivity contribution in [1.29, 1.82) is 0 Å². The van der Waals surface area contributed by atoms with Crippen LogP contribution in [-0.2, 0) is 29.3 Å². The summed E-state index contributed by atoms with van der Waals surface area (Å²) in [6, 6.07) is 22.4. The molecule has 0 spiro atoms. The van der Waals surface area contributed by atoms with Crippen molar-refractivity contribution in [3.8, 4) is 22.6 Å². The Kier molecular flexibility index (Phi) is 11.2. The van der Waals surface area contributed by atoms with E-state index < -0.39 is 12.0 Å². The Labute approximate surface area is 252 Å². The van der Waals surface area contributed by atoms with Gasteiger partial charge in [0.15, 0.2) is 0 Å². The van der Waals surface area contributed by atoms with Crippen LogP contribution in [0.15, 0.2) is 94.8 Å². The van der Waals surface area contributed by atoms with Crippen molar-refractivity contribution in [2.24, 2.45) is 5.18 Å². The molecule has 0 radical (unpaired) electrons. The minimum atomic E-state index is -0.900. The summed E-state index contributed by atoms with van der Waals surface area (Å²) in [5.74, 6) is 0.379. The standard InChI is InChI=1S/C31H29BrClN3O5/c1-2-39-31(37)27(18-36-38)35-17-24-14-26(33)29(15-28(24)40-19-21-8-7-13-34-16-21)41-20-23-11-6-12-25(30(23)32)22-9-4-3-5-10-22/h3-16,27,35H,2,17-20H2,1H3. The molecule has 0 aliphatic heterocycles. The van der Waals surface area contributed by atoms with E-state index in [4.69, 9.17) is 25.8 Å². The van der Waals surface area contributed by atoms with E-state index in [-0.39, 0.29) is 32.9 Å². The molecule has 0 amide bonds. The van der Waals surface area contributed by atoms with Gasteiger partial charge in [0.25, 0.3) is 0 Å². The number of nitroso groups, excluding NO2 is 1. The number of nitrogens with one attached hydrogen (secondary N) is 1. The zero-order chi connectivity index (χ0) is 29.0. The zero-order valence-corrected chi connectivity index (χ0v) is 24.7. The van der Waals surface area contributed by atoms with E-state index >= 15 is 0 Å². The number of ether oxygens (including phenoxy) is 3. The van der Waals surface area contributed by atoms with Crippen LogP contribution < -0.4 is 14.8 Å². The first-order valence-electron chi connectivity index (χ1n) is 13.0. The van der Waals surface area contributed by atoms with E-state index in [0.29, 0.717) is 22.1 Å². The molecule has 0 bridgehead atoms. The predicted molar refractivity (Wildman–Crippen MR) is 162 cm³/mol. The first-order chi connectivity index (χ1) is 20.0. The Morgan fingerprint density at radius 1 is 1.00 bits per heavy atom. The summed E-state index contributed by atoms with van der Waals surface area (Å²) in [6.45, 7) is 2.31. The summed E-state index contributed by atoms with van der Waals surface area (Å²) in [5.41, 5.74) is 4.64. The molecule has 0 saturated carbocycles. The number of nitrogens with zero attached hydrogens (tertiary/aromatic N) is 2. The molecule has 0 aliphatic carbocycles. The van der Waals surface area contributed by atoms with E-state index in [1.54, 1.807) is 31.5 Å². The molecule has 4 aromatic rings. The fourth-order valence-electron chi connectivity index (χ4n) is 4.06. The second-order valence-electron chi connectivity index (χ2n) is 8.97. The first kappa shape index (κ1) is 30.2. The van der Waals surface area contributed by atoms with E-state index in [9.17, 15) is 9.70 Å². The van der Waals surface area contributed by atoms with Crippen LogP contribution in [0.3, 0.4) is 0 Å². The Morgan fingerprint density at radius 2 is 1.80 bits per heavy atom. The molecular formula is C31H29BrClN3O5. The lowest BCUT2D eigenvalue weighted by Crippen LogP contribution is -2.40. The third-order valence-electron chi connectivity index (χ3n) is 6.15. The van der Waals surface area contributed by atoms with Gasteiger partial charge >= 0.3 is 5.97 Å². The maximum absolute atomic E-state index is 12.3. The molecule has 0 saturated heterocycles. The number of pyridine rings is 1.